The first-order valence-corrected chi connectivity index (χ1v) is 5.61. The molecule has 1 aliphatic rings. The van der Waals surface area contributed by atoms with Crippen LogP contribution in [0.3, 0.4) is 0 Å². The fourth-order valence-corrected chi connectivity index (χ4v) is 1.97. The van der Waals surface area contributed by atoms with Gasteiger partial charge in [0, 0.05) is 13.1 Å². The van der Waals surface area contributed by atoms with Crippen LogP contribution in [0.5, 0.6) is 0 Å². The maximum atomic E-state index is 11.8. The monoisotopic (exact) mass is 228 g/mol. The van der Waals surface area contributed by atoms with Crippen molar-refractivity contribution in [2.24, 2.45) is 5.92 Å². The van der Waals surface area contributed by atoms with Crippen molar-refractivity contribution in [1.29, 1.82) is 0 Å². The predicted molar refractivity (Wildman–Crippen MR) is 60.1 cm³/mol. The smallest absolute Gasteiger partial charge is 0.315 e. The van der Waals surface area contributed by atoms with Gasteiger partial charge in [0.15, 0.2) is 0 Å². The van der Waals surface area contributed by atoms with E-state index in [1.165, 1.54) is 6.92 Å². The van der Waals surface area contributed by atoms with Crippen LogP contribution in [-0.2, 0) is 9.59 Å². The maximum Gasteiger partial charge on any atom is 0.315 e. The quantitative estimate of drug-likeness (QED) is 0.704. The van der Waals surface area contributed by atoms with Gasteiger partial charge in [0.2, 0.25) is 5.91 Å². The number of aliphatic carboxylic acids is 1. The minimum atomic E-state index is -1.05. The molecule has 1 N–H and O–H groups in total. The summed E-state index contributed by atoms with van der Waals surface area (Å²) in [5.74, 6) is -2.28. The summed E-state index contributed by atoms with van der Waals surface area (Å²) in [7, 11) is 3.76. The van der Waals surface area contributed by atoms with E-state index in [-0.39, 0.29) is 11.9 Å². The summed E-state index contributed by atoms with van der Waals surface area (Å²) >= 11 is 0. The Bertz CT molecular complexity index is 272. The molecule has 0 bridgehead atoms. The number of rotatable bonds is 3. The topological polar surface area (TPSA) is 60.9 Å². The zero-order chi connectivity index (χ0) is 12.3. The van der Waals surface area contributed by atoms with Crippen LogP contribution in [0.1, 0.15) is 19.8 Å². The number of hydrogen-bond donors (Lipinski definition) is 1. The molecule has 1 rings (SSSR count). The van der Waals surface area contributed by atoms with Crippen molar-refractivity contribution in [1.82, 2.24) is 9.80 Å². The Labute approximate surface area is 96.0 Å². The van der Waals surface area contributed by atoms with Crippen molar-refractivity contribution in [3.05, 3.63) is 0 Å². The first-order valence-electron chi connectivity index (χ1n) is 5.61. The van der Waals surface area contributed by atoms with E-state index in [0.29, 0.717) is 0 Å². The summed E-state index contributed by atoms with van der Waals surface area (Å²) < 4.78 is 0. The van der Waals surface area contributed by atoms with E-state index in [0.717, 1.165) is 25.9 Å². The molecule has 0 aromatic carbocycles. The average Bonchev–Trinajstić information content (AvgIpc) is 2.27. The highest BCUT2D eigenvalue weighted by Crippen LogP contribution is 2.16. The Kier molecular flexibility index (Phi) is 4.29. The Morgan fingerprint density at radius 3 is 2.31 bits per heavy atom. The van der Waals surface area contributed by atoms with Gasteiger partial charge in [0.05, 0.1) is 0 Å². The molecule has 1 amide bonds. The van der Waals surface area contributed by atoms with Crippen molar-refractivity contribution in [2.45, 2.75) is 25.8 Å². The van der Waals surface area contributed by atoms with Crippen molar-refractivity contribution < 1.29 is 14.7 Å². The van der Waals surface area contributed by atoms with E-state index < -0.39 is 11.9 Å². The summed E-state index contributed by atoms with van der Waals surface area (Å²) in [6, 6.07) is 0.186. The Morgan fingerprint density at radius 2 is 1.88 bits per heavy atom. The van der Waals surface area contributed by atoms with Gasteiger partial charge in [-0.15, -0.1) is 0 Å². The molecule has 0 aliphatic carbocycles. The molecule has 16 heavy (non-hydrogen) atoms. The van der Waals surface area contributed by atoms with Crippen LogP contribution in [0.15, 0.2) is 0 Å². The zero-order valence-corrected chi connectivity index (χ0v) is 10.1. The third-order valence-electron chi connectivity index (χ3n) is 3.32. The number of hydrogen-bond acceptors (Lipinski definition) is 3. The van der Waals surface area contributed by atoms with E-state index in [1.807, 2.05) is 0 Å². The Balaban J connectivity index is 2.54. The number of carbonyl (C=O) groups excluding carboxylic acids is 1. The Hall–Kier alpha value is -1.10. The summed E-state index contributed by atoms with van der Waals surface area (Å²) in [5, 5.41) is 8.79. The van der Waals surface area contributed by atoms with Gasteiger partial charge in [-0.05, 0) is 39.9 Å². The number of carbonyl (C=O) groups is 2. The van der Waals surface area contributed by atoms with Crippen molar-refractivity contribution >= 4 is 11.9 Å². The van der Waals surface area contributed by atoms with Crippen LogP contribution in [-0.4, -0.2) is 60.0 Å². The lowest BCUT2D eigenvalue weighted by molar-refractivity contribution is -0.151. The second kappa shape index (κ2) is 5.30. The van der Waals surface area contributed by atoms with Gasteiger partial charge >= 0.3 is 5.97 Å². The molecule has 92 valence electrons. The molecule has 1 aliphatic heterocycles. The molecule has 5 heteroatoms. The highest BCUT2D eigenvalue weighted by atomic mass is 16.4. The lowest BCUT2D eigenvalue weighted by Crippen LogP contribution is -2.47. The molecule has 0 aromatic rings. The molecule has 0 aromatic heterocycles. The predicted octanol–water partition coefficient (Wildman–Crippen LogP) is 0.260. The first kappa shape index (κ1) is 13.0. The van der Waals surface area contributed by atoms with E-state index in [4.69, 9.17) is 5.11 Å². The third-order valence-corrected chi connectivity index (χ3v) is 3.32. The highest BCUT2D eigenvalue weighted by molar-refractivity contribution is 5.96. The molecule has 1 fully saturated rings. The minimum absolute atomic E-state index is 0.186. The summed E-state index contributed by atoms with van der Waals surface area (Å²) in [4.78, 5) is 26.3. The number of carboxylic acids is 1. The zero-order valence-electron chi connectivity index (χ0n) is 10.1. The van der Waals surface area contributed by atoms with Crippen LogP contribution in [0.25, 0.3) is 0 Å². The molecule has 0 saturated carbocycles. The SMILES string of the molecule is CC(C(=O)O)C(=O)N(C)C1CCN(C)CC1. The summed E-state index contributed by atoms with van der Waals surface area (Å²) in [6.45, 7) is 3.36. The van der Waals surface area contributed by atoms with Crippen LogP contribution >= 0.6 is 0 Å². The fraction of sp³-hybridized carbons (Fsp3) is 0.818. The van der Waals surface area contributed by atoms with Crippen molar-refractivity contribution in [3.8, 4) is 0 Å². The van der Waals surface area contributed by atoms with Gasteiger partial charge in [-0.1, -0.05) is 0 Å². The number of nitrogens with zero attached hydrogens (tertiary/aromatic N) is 2. The number of carboxylic acid groups (broad SMARTS) is 1. The number of amides is 1. The second-order valence-corrected chi connectivity index (χ2v) is 4.54. The van der Waals surface area contributed by atoms with Crippen molar-refractivity contribution in [2.75, 3.05) is 27.2 Å². The molecule has 1 saturated heterocycles. The van der Waals surface area contributed by atoms with Gasteiger partial charge in [-0.25, -0.2) is 0 Å². The largest absolute Gasteiger partial charge is 0.481 e. The number of piperidine rings is 1. The summed E-state index contributed by atoms with van der Waals surface area (Å²) in [5.41, 5.74) is 0. The second-order valence-electron chi connectivity index (χ2n) is 4.54. The molecule has 1 unspecified atom stereocenters. The van der Waals surface area contributed by atoms with E-state index >= 15 is 0 Å². The van der Waals surface area contributed by atoms with Gasteiger partial charge in [0.1, 0.15) is 5.92 Å². The molecule has 0 radical (unpaired) electrons. The summed E-state index contributed by atoms with van der Waals surface area (Å²) in [6.07, 6.45) is 1.84. The van der Waals surface area contributed by atoms with Crippen molar-refractivity contribution in [3.63, 3.8) is 0 Å². The third kappa shape index (κ3) is 2.95. The standard InChI is InChI=1S/C11H20N2O3/c1-8(11(15)16)10(14)13(3)9-4-6-12(2)7-5-9/h8-9H,4-7H2,1-3H3,(H,15,16). The molecule has 0 spiro atoms. The number of likely N-dealkylation sites (tertiary alicyclic amines) is 1. The minimum Gasteiger partial charge on any atom is -0.481 e. The van der Waals surface area contributed by atoms with Gasteiger partial charge in [-0.3, -0.25) is 9.59 Å². The first-order chi connectivity index (χ1) is 7.43. The molecular weight excluding hydrogens is 208 g/mol. The highest BCUT2D eigenvalue weighted by Gasteiger charge is 2.29. The fourth-order valence-electron chi connectivity index (χ4n) is 1.97. The molecule has 5 nitrogen and oxygen atoms in total. The average molecular weight is 228 g/mol. The lowest BCUT2D eigenvalue weighted by Gasteiger charge is -2.35. The van der Waals surface area contributed by atoms with E-state index in [9.17, 15) is 9.59 Å². The maximum absolute atomic E-state index is 11.8. The molecule has 1 atom stereocenters. The van der Waals surface area contributed by atoms with Crippen LogP contribution in [0.2, 0.25) is 0 Å². The lowest BCUT2D eigenvalue weighted by atomic mass is 10.0. The van der Waals surface area contributed by atoms with Gasteiger partial charge in [-0.2, -0.15) is 0 Å². The van der Waals surface area contributed by atoms with E-state index in [1.54, 1.807) is 11.9 Å². The molecule has 1 heterocycles. The van der Waals surface area contributed by atoms with Gasteiger partial charge < -0.3 is 14.9 Å². The van der Waals surface area contributed by atoms with Crippen LogP contribution < -0.4 is 0 Å². The molecular formula is C11H20N2O3. The van der Waals surface area contributed by atoms with E-state index in [2.05, 4.69) is 11.9 Å². The Morgan fingerprint density at radius 1 is 1.38 bits per heavy atom. The normalized spacial score (nSPS) is 20.4. The van der Waals surface area contributed by atoms with Crippen LogP contribution in [0, 0.1) is 5.92 Å². The van der Waals surface area contributed by atoms with Crippen LogP contribution in [0.4, 0.5) is 0 Å². The van der Waals surface area contributed by atoms with Gasteiger partial charge in [0.25, 0.3) is 0 Å².